The van der Waals surface area contributed by atoms with E-state index in [4.69, 9.17) is 0 Å². The standard InChI is InChI=1S/C25H28FN6OS/c1-19-14-24(31(27-19)22-5-2-4-21(26)16-22)28-7-9-30(10-8-28)32-12-3-6-23(32)15-20(17-32)25(33)29-11-13-34-18-29/h2-6,12,14-16H,7-11,13,17-18H2,1H3/q+1/t32-/m1/s1. The number of allylic oxidation sites excluding steroid dienone is 3. The average molecular weight is 480 g/mol. The van der Waals surface area contributed by atoms with Gasteiger partial charge >= 0.3 is 0 Å². The van der Waals surface area contributed by atoms with Gasteiger partial charge in [0.1, 0.15) is 24.4 Å². The molecule has 1 aromatic carbocycles. The van der Waals surface area contributed by atoms with Gasteiger partial charge < -0.3 is 9.80 Å². The third kappa shape index (κ3) is 3.59. The van der Waals surface area contributed by atoms with E-state index in [1.165, 1.54) is 17.8 Å². The molecule has 0 bridgehead atoms. The molecule has 1 amide bonds. The zero-order valence-corrected chi connectivity index (χ0v) is 20.0. The van der Waals surface area contributed by atoms with E-state index < -0.39 is 0 Å². The van der Waals surface area contributed by atoms with Crippen LogP contribution in [0.3, 0.4) is 0 Å². The third-order valence-corrected chi connectivity index (χ3v) is 8.01. The number of carbonyl (C=O) groups is 1. The minimum atomic E-state index is -0.267. The van der Waals surface area contributed by atoms with E-state index in [9.17, 15) is 9.18 Å². The number of aromatic nitrogens is 2. The van der Waals surface area contributed by atoms with Crippen LogP contribution < -0.4 is 4.90 Å². The predicted molar refractivity (Wildman–Crippen MR) is 132 cm³/mol. The molecule has 4 aliphatic rings. The van der Waals surface area contributed by atoms with Crippen LogP contribution in [0.4, 0.5) is 10.2 Å². The molecular weight excluding hydrogens is 451 g/mol. The first kappa shape index (κ1) is 21.6. The number of halogens is 1. The summed E-state index contributed by atoms with van der Waals surface area (Å²) < 4.78 is 16.3. The van der Waals surface area contributed by atoms with Gasteiger partial charge in [0.15, 0.2) is 5.70 Å². The monoisotopic (exact) mass is 479 g/mol. The van der Waals surface area contributed by atoms with Crippen molar-refractivity contribution in [3.63, 3.8) is 0 Å². The summed E-state index contributed by atoms with van der Waals surface area (Å²) in [4.78, 5) is 17.3. The lowest BCUT2D eigenvalue weighted by molar-refractivity contribution is -0.948. The molecule has 2 saturated heterocycles. The van der Waals surface area contributed by atoms with Crippen molar-refractivity contribution in [3.05, 3.63) is 77.5 Å². The number of nitrogens with zero attached hydrogens (tertiary/aromatic N) is 6. The summed E-state index contributed by atoms with van der Waals surface area (Å²) in [5, 5.41) is 7.09. The van der Waals surface area contributed by atoms with Crippen LogP contribution in [0.2, 0.25) is 0 Å². The number of anilines is 1. The molecule has 0 aliphatic carbocycles. The fourth-order valence-corrected chi connectivity index (χ4v) is 6.29. The Labute approximate surface area is 203 Å². The average Bonchev–Trinajstić information content (AvgIpc) is 3.62. The molecule has 1 aromatic heterocycles. The number of piperazine rings is 1. The lowest BCUT2D eigenvalue weighted by Crippen LogP contribution is -2.60. The molecule has 4 aliphatic heterocycles. The number of rotatable bonds is 4. The Bertz CT molecular complexity index is 1220. The molecule has 2 aromatic rings. The molecular formula is C25H28FN6OS+. The minimum Gasteiger partial charge on any atom is -0.353 e. The van der Waals surface area contributed by atoms with Crippen molar-refractivity contribution < 1.29 is 13.8 Å². The van der Waals surface area contributed by atoms with Crippen molar-refractivity contribution in [2.24, 2.45) is 0 Å². The van der Waals surface area contributed by atoms with Gasteiger partial charge in [0.2, 0.25) is 0 Å². The highest BCUT2D eigenvalue weighted by Gasteiger charge is 2.48. The zero-order chi connectivity index (χ0) is 23.3. The smallest absolute Gasteiger partial charge is 0.256 e. The summed E-state index contributed by atoms with van der Waals surface area (Å²) in [7, 11) is 0. The minimum absolute atomic E-state index is 0.180. The highest BCUT2D eigenvalue weighted by atomic mass is 32.2. The fourth-order valence-electron chi connectivity index (χ4n) is 5.34. The van der Waals surface area contributed by atoms with Crippen molar-refractivity contribution in [3.8, 4) is 5.69 Å². The van der Waals surface area contributed by atoms with Crippen LogP contribution in [0.5, 0.6) is 0 Å². The highest BCUT2D eigenvalue weighted by Crippen LogP contribution is 2.38. The van der Waals surface area contributed by atoms with E-state index in [2.05, 4.69) is 45.5 Å². The van der Waals surface area contributed by atoms with Crippen LogP contribution in [-0.4, -0.2) is 81.1 Å². The normalized spacial score (nSPS) is 24.5. The maximum Gasteiger partial charge on any atom is 0.256 e. The molecule has 2 fully saturated rings. The third-order valence-electron chi connectivity index (χ3n) is 7.05. The Morgan fingerprint density at radius 2 is 2.00 bits per heavy atom. The molecule has 6 rings (SSSR count). The first-order valence-electron chi connectivity index (χ1n) is 11.7. The number of carbonyl (C=O) groups excluding carboxylic acids is 1. The lowest BCUT2D eigenvalue weighted by Gasteiger charge is -2.44. The van der Waals surface area contributed by atoms with E-state index in [-0.39, 0.29) is 11.7 Å². The van der Waals surface area contributed by atoms with Crippen molar-refractivity contribution >= 4 is 23.5 Å². The molecule has 0 spiro atoms. The van der Waals surface area contributed by atoms with Gasteiger partial charge in [0.25, 0.3) is 5.91 Å². The van der Waals surface area contributed by atoms with Crippen LogP contribution in [0.1, 0.15) is 5.69 Å². The topological polar surface area (TPSA) is 44.6 Å². The van der Waals surface area contributed by atoms with E-state index >= 15 is 0 Å². The summed E-state index contributed by atoms with van der Waals surface area (Å²) in [6.45, 7) is 6.85. The van der Waals surface area contributed by atoms with Crippen molar-refractivity contribution in [2.75, 3.05) is 55.8 Å². The van der Waals surface area contributed by atoms with Gasteiger partial charge in [0, 0.05) is 43.6 Å². The second-order valence-corrected chi connectivity index (χ2v) is 10.2. The predicted octanol–water partition coefficient (Wildman–Crippen LogP) is 3.06. The molecule has 0 unspecified atom stereocenters. The molecule has 34 heavy (non-hydrogen) atoms. The molecule has 0 N–H and O–H groups in total. The molecule has 7 nitrogen and oxygen atoms in total. The van der Waals surface area contributed by atoms with Gasteiger partial charge in [0.05, 0.1) is 35.9 Å². The van der Waals surface area contributed by atoms with Gasteiger partial charge in [-0.1, -0.05) is 6.07 Å². The number of fused-ring (bicyclic) bond motifs is 1. The summed E-state index contributed by atoms with van der Waals surface area (Å²) in [6.07, 6.45) is 8.54. The van der Waals surface area contributed by atoms with Crippen molar-refractivity contribution in [2.45, 2.75) is 6.92 Å². The van der Waals surface area contributed by atoms with Gasteiger partial charge in [-0.3, -0.25) is 4.79 Å². The molecule has 5 heterocycles. The highest BCUT2D eigenvalue weighted by molar-refractivity contribution is 7.99. The fraction of sp³-hybridized carbons (Fsp3) is 0.360. The molecule has 9 heteroatoms. The van der Waals surface area contributed by atoms with Crippen LogP contribution in [-0.2, 0) is 4.79 Å². The largest absolute Gasteiger partial charge is 0.353 e. The second-order valence-electron chi connectivity index (χ2n) is 9.17. The zero-order valence-electron chi connectivity index (χ0n) is 19.2. The van der Waals surface area contributed by atoms with E-state index in [1.54, 1.807) is 6.07 Å². The van der Waals surface area contributed by atoms with Gasteiger partial charge in [-0.05, 0) is 31.2 Å². The van der Waals surface area contributed by atoms with Gasteiger partial charge in [-0.25, -0.2) is 9.07 Å². The first-order chi connectivity index (χ1) is 16.5. The Kier molecular flexibility index (Phi) is 5.35. The van der Waals surface area contributed by atoms with E-state index in [0.29, 0.717) is 11.1 Å². The number of thioether (sulfide) groups is 1. The number of hydrogen-bond donors (Lipinski definition) is 0. The molecule has 1 atom stereocenters. The van der Waals surface area contributed by atoms with Crippen molar-refractivity contribution in [1.29, 1.82) is 0 Å². The van der Waals surface area contributed by atoms with Gasteiger partial charge in [-0.2, -0.15) is 9.69 Å². The van der Waals surface area contributed by atoms with Crippen molar-refractivity contribution in [1.82, 2.24) is 19.7 Å². The Balaban J connectivity index is 1.19. The number of quaternary nitrogens is 1. The lowest BCUT2D eigenvalue weighted by atomic mass is 10.2. The maximum absolute atomic E-state index is 13.9. The molecule has 176 valence electrons. The summed E-state index contributed by atoms with van der Waals surface area (Å²) >= 11 is 1.82. The summed E-state index contributed by atoms with van der Waals surface area (Å²) in [5.74, 6) is 2.71. The maximum atomic E-state index is 13.9. The first-order valence-corrected chi connectivity index (χ1v) is 12.9. The Hall–Kier alpha value is -2.88. The van der Waals surface area contributed by atoms with E-state index in [1.807, 2.05) is 34.3 Å². The molecule has 0 radical (unpaired) electrons. The summed E-state index contributed by atoms with van der Waals surface area (Å²) in [6, 6.07) is 8.63. The Morgan fingerprint density at radius 3 is 2.76 bits per heavy atom. The second kappa shape index (κ2) is 8.41. The SMILES string of the molecule is Cc1cc(N2CCN([N@@+]34C=CC=C3C=C(C(=O)N3CCSC3)C4)CC2)n(-c2cccc(F)c2)n1. The Morgan fingerprint density at radius 1 is 1.15 bits per heavy atom. The summed E-state index contributed by atoms with van der Waals surface area (Å²) in [5.41, 5.74) is 3.71. The van der Waals surface area contributed by atoms with Crippen LogP contribution in [0.15, 0.2) is 66.0 Å². The quantitative estimate of drug-likeness (QED) is 0.631. The number of hydrogen-bond acceptors (Lipinski definition) is 5. The van der Waals surface area contributed by atoms with Crippen LogP contribution >= 0.6 is 11.8 Å². The number of benzene rings is 1. The van der Waals surface area contributed by atoms with Crippen LogP contribution in [0, 0.1) is 12.7 Å². The number of amides is 1. The van der Waals surface area contributed by atoms with Crippen LogP contribution in [0.25, 0.3) is 5.69 Å². The van der Waals surface area contributed by atoms with Gasteiger partial charge in [-0.15, -0.1) is 16.8 Å². The molecule has 0 saturated carbocycles. The van der Waals surface area contributed by atoms with E-state index in [0.717, 1.165) is 67.1 Å². The number of aryl methyl sites for hydroxylation is 1.